The Morgan fingerprint density at radius 1 is 0.750 bits per heavy atom. The van der Waals surface area contributed by atoms with E-state index in [1.165, 1.54) is 96.7 Å². The van der Waals surface area contributed by atoms with Gasteiger partial charge in [0.15, 0.2) is 0 Å². The van der Waals surface area contributed by atoms with E-state index in [1.54, 1.807) is 0 Å². The van der Waals surface area contributed by atoms with Gasteiger partial charge in [0.2, 0.25) is 0 Å². The van der Waals surface area contributed by atoms with Crippen molar-refractivity contribution in [1.82, 2.24) is 0 Å². The van der Waals surface area contributed by atoms with E-state index >= 15 is 0 Å². The lowest BCUT2D eigenvalue weighted by molar-refractivity contribution is -0.135. The van der Waals surface area contributed by atoms with E-state index in [0.717, 1.165) is 12.8 Å². The molecule has 0 spiro atoms. The summed E-state index contributed by atoms with van der Waals surface area (Å²) in [6.07, 6.45) is 21.7. The van der Waals surface area contributed by atoms with Crippen LogP contribution in [0.15, 0.2) is 11.8 Å². The Morgan fingerprint density at radius 2 is 1.12 bits per heavy atom. The second-order valence-corrected chi connectivity index (χ2v) is 6.86. The largest absolute Gasteiger partial charge is 0.512 e. The summed E-state index contributed by atoms with van der Waals surface area (Å²) in [5.41, 5.74) is 0. The highest BCUT2D eigenvalue weighted by Gasteiger charge is 2.00. The average Bonchev–Trinajstić information content (AvgIpc) is 2.58. The zero-order valence-electron chi connectivity index (χ0n) is 16.2. The summed E-state index contributed by atoms with van der Waals surface area (Å²) in [4.78, 5) is 10.9. The molecule has 0 radical (unpaired) electrons. The molecule has 0 aromatic carbocycles. The molecule has 0 aliphatic carbocycles. The fourth-order valence-corrected chi connectivity index (χ4v) is 2.94. The fraction of sp³-hybridized carbons (Fsp3) is 0.857. The molecule has 0 aliphatic rings. The van der Waals surface area contributed by atoms with Crippen molar-refractivity contribution in [2.45, 2.75) is 110 Å². The number of methoxy groups -OCH3 is 1. The second kappa shape index (κ2) is 18.4. The number of carbonyl (C=O) groups is 1. The van der Waals surface area contributed by atoms with E-state index in [1.807, 2.05) is 0 Å². The van der Waals surface area contributed by atoms with E-state index in [4.69, 9.17) is 0 Å². The molecule has 0 atom stereocenters. The summed E-state index contributed by atoms with van der Waals surface area (Å²) in [6, 6.07) is 0. The maximum Gasteiger partial charge on any atom is 0.333 e. The van der Waals surface area contributed by atoms with Crippen LogP contribution in [-0.4, -0.2) is 18.2 Å². The van der Waals surface area contributed by atoms with Crippen LogP contribution in [0.1, 0.15) is 110 Å². The van der Waals surface area contributed by atoms with Gasteiger partial charge in [-0.2, -0.15) is 0 Å². The molecule has 0 aromatic rings. The number of aliphatic hydroxyl groups excluding tert-OH is 1. The van der Waals surface area contributed by atoms with Gasteiger partial charge in [0.1, 0.15) is 0 Å². The van der Waals surface area contributed by atoms with Crippen LogP contribution in [0.4, 0.5) is 0 Å². The quantitative estimate of drug-likeness (QED) is 0.136. The molecular weight excluding hydrogens is 300 g/mol. The number of hydrogen-bond donors (Lipinski definition) is 1. The fourth-order valence-electron chi connectivity index (χ4n) is 2.94. The molecule has 3 heteroatoms. The molecule has 0 amide bonds. The minimum atomic E-state index is -0.478. The minimum Gasteiger partial charge on any atom is -0.512 e. The van der Waals surface area contributed by atoms with Crippen LogP contribution in [0.3, 0.4) is 0 Å². The van der Waals surface area contributed by atoms with Gasteiger partial charge in [0.25, 0.3) is 0 Å². The number of esters is 1. The van der Waals surface area contributed by atoms with Crippen molar-refractivity contribution in [3.05, 3.63) is 11.8 Å². The molecule has 0 rings (SSSR count). The number of hydrogen-bond acceptors (Lipinski definition) is 3. The second-order valence-electron chi connectivity index (χ2n) is 6.86. The molecule has 0 aromatic heterocycles. The number of allylic oxidation sites excluding steroid dienone is 1. The van der Waals surface area contributed by atoms with E-state index in [-0.39, 0.29) is 5.76 Å². The molecule has 0 bridgehead atoms. The number of aliphatic hydroxyl groups is 1. The van der Waals surface area contributed by atoms with Crippen LogP contribution >= 0.6 is 0 Å². The lowest BCUT2D eigenvalue weighted by Crippen LogP contribution is -1.97. The van der Waals surface area contributed by atoms with Gasteiger partial charge in [-0.25, -0.2) is 4.79 Å². The van der Waals surface area contributed by atoms with Gasteiger partial charge in [-0.3, -0.25) is 0 Å². The van der Waals surface area contributed by atoms with E-state index in [9.17, 15) is 9.90 Å². The molecule has 0 unspecified atom stereocenters. The van der Waals surface area contributed by atoms with E-state index in [2.05, 4.69) is 11.7 Å². The van der Waals surface area contributed by atoms with Crippen LogP contribution in [0.2, 0.25) is 0 Å². The Bertz CT molecular complexity index is 310. The van der Waals surface area contributed by atoms with Crippen molar-refractivity contribution < 1.29 is 14.6 Å². The highest BCUT2D eigenvalue weighted by atomic mass is 16.5. The molecule has 142 valence electrons. The summed E-state index contributed by atoms with van der Waals surface area (Å²) >= 11 is 0. The Morgan fingerprint density at radius 3 is 1.50 bits per heavy atom. The van der Waals surface area contributed by atoms with E-state index in [0.29, 0.717) is 6.42 Å². The van der Waals surface area contributed by atoms with Crippen LogP contribution in [0.5, 0.6) is 0 Å². The molecule has 3 nitrogen and oxygen atoms in total. The average molecular weight is 341 g/mol. The Kier molecular flexibility index (Phi) is 17.6. The van der Waals surface area contributed by atoms with Crippen molar-refractivity contribution in [2.75, 3.05) is 7.11 Å². The molecule has 0 saturated carbocycles. The predicted molar refractivity (Wildman–Crippen MR) is 102 cm³/mol. The maximum absolute atomic E-state index is 10.9. The van der Waals surface area contributed by atoms with E-state index < -0.39 is 5.97 Å². The number of rotatable bonds is 17. The van der Waals surface area contributed by atoms with Crippen LogP contribution in [0, 0.1) is 0 Å². The summed E-state index contributed by atoms with van der Waals surface area (Å²) in [6.45, 7) is 2.27. The Balaban J connectivity index is 3.18. The zero-order chi connectivity index (χ0) is 17.9. The summed E-state index contributed by atoms with van der Waals surface area (Å²) in [5.74, 6) is -0.343. The van der Waals surface area contributed by atoms with Gasteiger partial charge in [0, 0.05) is 6.42 Å². The third-order valence-electron chi connectivity index (χ3n) is 4.52. The van der Waals surface area contributed by atoms with Crippen molar-refractivity contribution >= 4 is 5.97 Å². The lowest BCUT2D eigenvalue weighted by Gasteiger charge is -2.03. The van der Waals surface area contributed by atoms with Gasteiger partial charge in [-0.1, -0.05) is 96.8 Å². The first-order chi connectivity index (χ1) is 11.7. The molecule has 24 heavy (non-hydrogen) atoms. The lowest BCUT2D eigenvalue weighted by atomic mass is 10.0. The standard InChI is InChI=1S/C21H40O3/c1-3-4-5-6-7-8-9-10-11-12-13-14-15-16-17-18-20(22)19-21(23)24-2/h19,22H,3-18H2,1-2H3/b20-19+. The summed E-state index contributed by atoms with van der Waals surface area (Å²) in [5, 5.41) is 9.51. The first-order valence-electron chi connectivity index (χ1n) is 10.2. The van der Waals surface area contributed by atoms with Crippen molar-refractivity contribution in [3.8, 4) is 0 Å². The van der Waals surface area contributed by atoms with Crippen molar-refractivity contribution in [2.24, 2.45) is 0 Å². The molecule has 1 N–H and O–H groups in total. The third kappa shape index (κ3) is 17.4. The normalized spacial score (nSPS) is 11.7. The van der Waals surface area contributed by atoms with Crippen molar-refractivity contribution in [1.29, 1.82) is 0 Å². The van der Waals surface area contributed by atoms with Crippen LogP contribution in [-0.2, 0) is 9.53 Å². The highest BCUT2D eigenvalue weighted by Crippen LogP contribution is 2.14. The number of ether oxygens (including phenoxy) is 1. The monoisotopic (exact) mass is 340 g/mol. The summed E-state index contributed by atoms with van der Waals surface area (Å²) < 4.78 is 4.47. The van der Waals surface area contributed by atoms with Crippen molar-refractivity contribution in [3.63, 3.8) is 0 Å². The third-order valence-corrected chi connectivity index (χ3v) is 4.52. The van der Waals surface area contributed by atoms with Gasteiger partial charge in [0.05, 0.1) is 18.9 Å². The van der Waals surface area contributed by atoms with Gasteiger partial charge in [-0.15, -0.1) is 0 Å². The number of unbranched alkanes of at least 4 members (excludes halogenated alkanes) is 14. The number of carbonyl (C=O) groups excluding carboxylic acids is 1. The van der Waals surface area contributed by atoms with Crippen LogP contribution < -0.4 is 0 Å². The minimum absolute atomic E-state index is 0.136. The van der Waals surface area contributed by atoms with Gasteiger partial charge >= 0.3 is 5.97 Å². The smallest absolute Gasteiger partial charge is 0.333 e. The van der Waals surface area contributed by atoms with Gasteiger partial charge < -0.3 is 9.84 Å². The SMILES string of the molecule is CCCCCCCCCCCCCCCCC/C(O)=C\C(=O)OC. The molecule has 0 saturated heterocycles. The van der Waals surface area contributed by atoms with Gasteiger partial charge in [-0.05, 0) is 6.42 Å². The summed E-state index contributed by atoms with van der Waals surface area (Å²) in [7, 11) is 1.32. The molecule has 0 heterocycles. The maximum atomic E-state index is 10.9. The van der Waals surface area contributed by atoms with Crippen LogP contribution in [0.25, 0.3) is 0 Å². The molecule has 0 fully saturated rings. The Labute approximate surface area is 149 Å². The molecular formula is C21H40O3. The Hall–Kier alpha value is -0.990. The first kappa shape index (κ1) is 23.0. The topological polar surface area (TPSA) is 46.5 Å². The predicted octanol–water partition coefficient (Wildman–Crippen LogP) is 6.86. The molecule has 0 aliphatic heterocycles. The zero-order valence-corrected chi connectivity index (χ0v) is 16.2. The first-order valence-corrected chi connectivity index (χ1v) is 10.2. The highest BCUT2D eigenvalue weighted by molar-refractivity contribution is 5.82.